The Morgan fingerprint density at radius 3 is 2.68 bits per heavy atom. The van der Waals surface area contributed by atoms with Crippen LogP contribution in [0.3, 0.4) is 0 Å². The Hall–Kier alpha value is -2.37. The maximum atomic E-state index is 5.79. The molecule has 0 saturated carbocycles. The van der Waals surface area contributed by atoms with Gasteiger partial charge in [-0.3, -0.25) is 4.90 Å². The van der Waals surface area contributed by atoms with Crippen molar-refractivity contribution in [1.29, 1.82) is 0 Å². The van der Waals surface area contributed by atoms with Gasteiger partial charge in [0.2, 0.25) is 0 Å². The van der Waals surface area contributed by atoms with Gasteiger partial charge in [0.25, 0.3) is 0 Å². The van der Waals surface area contributed by atoms with Crippen molar-refractivity contribution in [1.82, 2.24) is 9.88 Å². The van der Waals surface area contributed by atoms with Crippen LogP contribution in [0, 0.1) is 6.92 Å². The van der Waals surface area contributed by atoms with Gasteiger partial charge < -0.3 is 9.47 Å². The lowest BCUT2D eigenvalue weighted by Gasteiger charge is -2.26. The number of benzene rings is 2. The predicted octanol–water partition coefficient (Wildman–Crippen LogP) is 5.23. The van der Waals surface area contributed by atoms with E-state index in [1.165, 1.54) is 29.5 Å². The maximum absolute atomic E-state index is 5.79. The number of hydrogen-bond donors (Lipinski definition) is 0. The fourth-order valence-corrected chi connectivity index (χ4v) is 4.94. The van der Waals surface area contributed by atoms with Crippen molar-refractivity contribution in [2.75, 3.05) is 19.8 Å². The number of aryl methyl sites for hydroxylation is 1. The third-order valence-corrected chi connectivity index (χ3v) is 6.53. The summed E-state index contributed by atoms with van der Waals surface area (Å²) in [6.45, 7) is 5.41. The number of likely N-dealkylation sites (tertiary alicyclic amines) is 1. The van der Waals surface area contributed by atoms with Gasteiger partial charge in [-0.25, -0.2) is 4.98 Å². The second kappa shape index (κ2) is 7.57. The molecule has 0 bridgehead atoms. The molecule has 2 aliphatic rings. The number of hydrogen-bond acceptors (Lipinski definition) is 5. The SMILES string of the molecule is Cc1csc(-c2ccc(CN3CCCC3c3ccc4c(c3)OCCO4)cc2)n1. The Labute approximate surface area is 169 Å². The van der Waals surface area contributed by atoms with Crippen LogP contribution >= 0.6 is 11.3 Å². The van der Waals surface area contributed by atoms with Gasteiger partial charge in [0, 0.05) is 29.2 Å². The molecule has 1 unspecified atom stereocenters. The summed E-state index contributed by atoms with van der Waals surface area (Å²) in [5.41, 5.74) is 4.97. The summed E-state index contributed by atoms with van der Waals surface area (Å²) >= 11 is 1.71. The lowest BCUT2D eigenvalue weighted by Crippen LogP contribution is -2.23. The lowest BCUT2D eigenvalue weighted by molar-refractivity contribution is 0.170. The third-order valence-electron chi connectivity index (χ3n) is 5.52. The van der Waals surface area contributed by atoms with E-state index in [4.69, 9.17) is 9.47 Å². The van der Waals surface area contributed by atoms with E-state index in [0.717, 1.165) is 35.3 Å². The van der Waals surface area contributed by atoms with Gasteiger partial charge in [-0.1, -0.05) is 30.3 Å². The van der Waals surface area contributed by atoms with Crippen LogP contribution < -0.4 is 9.47 Å². The molecule has 3 aromatic rings. The molecule has 0 amide bonds. The highest BCUT2D eigenvalue weighted by molar-refractivity contribution is 7.13. The molecular weight excluding hydrogens is 368 g/mol. The van der Waals surface area contributed by atoms with Crippen molar-refractivity contribution in [3.8, 4) is 22.1 Å². The quantitative estimate of drug-likeness (QED) is 0.609. The van der Waals surface area contributed by atoms with Crippen LogP contribution in [0.1, 0.15) is 35.7 Å². The van der Waals surface area contributed by atoms with Crippen LogP contribution in [0.2, 0.25) is 0 Å². The zero-order valence-electron chi connectivity index (χ0n) is 16.1. The zero-order valence-corrected chi connectivity index (χ0v) is 16.9. The van der Waals surface area contributed by atoms with E-state index >= 15 is 0 Å². The fraction of sp³-hybridized carbons (Fsp3) is 0.348. The number of thiazole rings is 1. The largest absolute Gasteiger partial charge is 0.486 e. The second-order valence-corrected chi connectivity index (χ2v) is 8.38. The van der Waals surface area contributed by atoms with Gasteiger partial charge in [-0.05, 0) is 49.6 Å². The summed E-state index contributed by atoms with van der Waals surface area (Å²) in [5, 5.41) is 3.20. The standard InChI is InChI=1S/C23H24N2O2S/c1-16-15-28-23(24-16)18-6-4-17(5-7-18)14-25-10-2-3-20(25)19-8-9-21-22(13-19)27-12-11-26-21/h4-9,13,15,20H,2-3,10-12,14H2,1H3. The summed E-state index contributed by atoms with van der Waals surface area (Å²) in [6.07, 6.45) is 2.42. The average molecular weight is 393 g/mol. The van der Waals surface area contributed by atoms with E-state index in [9.17, 15) is 0 Å². The minimum Gasteiger partial charge on any atom is -0.486 e. The van der Waals surface area contributed by atoms with Gasteiger partial charge >= 0.3 is 0 Å². The number of nitrogens with zero attached hydrogens (tertiary/aromatic N) is 2. The maximum Gasteiger partial charge on any atom is 0.161 e. The average Bonchev–Trinajstić information content (AvgIpc) is 3.37. The molecule has 0 radical (unpaired) electrons. The van der Waals surface area contributed by atoms with Crippen molar-refractivity contribution in [2.45, 2.75) is 32.4 Å². The molecule has 0 spiro atoms. The Balaban J connectivity index is 1.32. The highest BCUT2D eigenvalue weighted by Crippen LogP contribution is 2.38. The normalized spacial score (nSPS) is 19.1. The summed E-state index contributed by atoms with van der Waals surface area (Å²) in [5.74, 6) is 1.76. The van der Waals surface area contributed by atoms with E-state index in [-0.39, 0.29) is 0 Å². The number of fused-ring (bicyclic) bond motifs is 1. The van der Waals surface area contributed by atoms with Crippen LogP contribution in [0.4, 0.5) is 0 Å². The monoisotopic (exact) mass is 392 g/mol. The Kier molecular flexibility index (Phi) is 4.79. The molecule has 3 heterocycles. The number of aromatic nitrogens is 1. The molecule has 5 rings (SSSR count). The van der Waals surface area contributed by atoms with Crippen molar-refractivity contribution >= 4 is 11.3 Å². The van der Waals surface area contributed by atoms with E-state index in [1.807, 2.05) is 6.92 Å². The molecule has 2 aromatic carbocycles. The van der Waals surface area contributed by atoms with Crippen LogP contribution in [0.25, 0.3) is 10.6 Å². The minimum absolute atomic E-state index is 0.442. The zero-order chi connectivity index (χ0) is 18.9. The van der Waals surface area contributed by atoms with E-state index in [2.05, 4.69) is 57.7 Å². The van der Waals surface area contributed by atoms with Crippen LogP contribution in [0.15, 0.2) is 47.8 Å². The summed E-state index contributed by atoms with van der Waals surface area (Å²) in [7, 11) is 0. The van der Waals surface area contributed by atoms with Crippen LogP contribution in [-0.4, -0.2) is 29.6 Å². The first-order chi connectivity index (χ1) is 13.8. The molecule has 28 heavy (non-hydrogen) atoms. The molecule has 5 heteroatoms. The third kappa shape index (κ3) is 3.52. The molecule has 0 aliphatic carbocycles. The second-order valence-electron chi connectivity index (χ2n) is 7.52. The Bertz CT molecular complexity index is 967. The molecule has 2 aliphatic heterocycles. The van der Waals surface area contributed by atoms with E-state index in [1.54, 1.807) is 11.3 Å². The van der Waals surface area contributed by atoms with Gasteiger partial charge in [0.1, 0.15) is 18.2 Å². The fourth-order valence-electron chi connectivity index (χ4n) is 4.13. The molecule has 1 fully saturated rings. The van der Waals surface area contributed by atoms with Gasteiger partial charge in [0.15, 0.2) is 11.5 Å². The molecule has 0 N–H and O–H groups in total. The highest BCUT2D eigenvalue weighted by Gasteiger charge is 2.27. The topological polar surface area (TPSA) is 34.6 Å². The number of ether oxygens (including phenoxy) is 2. The smallest absolute Gasteiger partial charge is 0.161 e. The van der Waals surface area contributed by atoms with E-state index < -0.39 is 0 Å². The predicted molar refractivity (Wildman–Crippen MR) is 112 cm³/mol. The summed E-state index contributed by atoms with van der Waals surface area (Å²) < 4.78 is 11.5. The van der Waals surface area contributed by atoms with Crippen LogP contribution in [-0.2, 0) is 6.54 Å². The lowest BCUT2D eigenvalue weighted by atomic mass is 10.0. The molecular formula is C23H24N2O2S. The summed E-state index contributed by atoms with van der Waals surface area (Å²) in [6, 6.07) is 15.8. The van der Waals surface area contributed by atoms with Crippen molar-refractivity contribution in [2.24, 2.45) is 0 Å². The van der Waals surface area contributed by atoms with Gasteiger partial charge in [-0.2, -0.15) is 0 Å². The first kappa shape index (κ1) is 17.7. The Morgan fingerprint density at radius 2 is 1.89 bits per heavy atom. The van der Waals surface area contributed by atoms with Crippen LogP contribution in [0.5, 0.6) is 11.5 Å². The van der Waals surface area contributed by atoms with E-state index in [0.29, 0.717) is 19.3 Å². The number of rotatable bonds is 4. The first-order valence-corrected chi connectivity index (χ1v) is 10.8. The first-order valence-electron chi connectivity index (χ1n) is 9.91. The van der Waals surface area contributed by atoms with Crippen molar-refractivity contribution in [3.63, 3.8) is 0 Å². The minimum atomic E-state index is 0.442. The molecule has 4 nitrogen and oxygen atoms in total. The summed E-state index contributed by atoms with van der Waals surface area (Å²) in [4.78, 5) is 7.16. The van der Waals surface area contributed by atoms with Crippen molar-refractivity contribution in [3.05, 3.63) is 64.7 Å². The molecule has 1 aromatic heterocycles. The Morgan fingerprint density at radius 1 is 1.07 bits per heavy atom. The highest BCUT2D eigenvalue weighted by atomic mass is 32.1. The van der Waals surface area contributed by atoms with Gasteiger partial charge in [-0.15, -0.1) is 11.3 Å². The molecule has 1 atom stereocenters. The van der Waals surface area contributed by atoms with Gasteiger partial charge in [0.05, 0.1) is 0 Å². The molecule has 144 valence electrons. The molecule has 1 saturated heterocycles. The van der Waals surface area contributed by atoms with Crippen molar-refractivity contribution < 1.29 is 9.47 Å².